The minimum atomic E-state index is -0.642. The molecule has 6 heteroatoms. The molecule has 0 spiro atoms. The van der Waals surface area contributed by atoms with Gasteiger partial charge in [-0.25, -0.2) is 0 Å². The second kappa shape index (κ2) is 7.02. The molecule has 0 aromatic heterocycles. The molecule has 6 nitrogen and oxygen atoms in total. The van der Waals surface area contributed by atoms with Crippen LogP contribution in [0, 0.1) is 5.41 Å². The quantitative estimate of drug-likeness (QED) is 0.602. The third kappa shape index (κ3) is 4.32. The maximum atomic E-state index is 11.9. The summed E-state index contributed by atoms with van der Waals surface area (Å²) in [6.45, 7) is 3.88. The number of nitrogens with two attached hydrogens (primary N) is 1. The molecule has 2 amide bonds. The van der Waals surface area contributed by atoms with Crippen LogP contribution in [0.25, 0.3) is 0 Å². The summed E-state index contributed by atoms with van der Waals surface area (Å²) < 4.78 is 0. The first-order valence-electron chi connectivity index (χ1n) is 6.41. The van der Waals surface area contributed by atoms with E-state index in [2.05, 4.69) is 10.6 Å². The molecular formula is C14H21N3O3. The van der Waals surface area contributed by atoms with E-state index >= 15 is 0 Å². The van der Waals surface area contributed by atoms with Gasteiger partial charge in [-0.05, 0) is 38.1 Å². The number of hydrogen-bond acceptors (Lipinski definition) is 4. The summed E-state index contributed by atoms with van der Waals surface area (Å²) >= 11 is 0. The van der Waals surface area contributed by atoms with Crippen molar-refractivity contribution in [1.29, 1.82) is 0 Å². The van der Waals surface area contributed by atoms with Gasteiger partial charge in [0.05, 0.1) is 12.0 Å². The molecule has 0 aliphatic carbocycles. The summed E-state index contributed by atoms with van der Waals surface area (Å²) in [5, 5.41) is 13.9. The fourth-order valence-corrected chi connectivity index (χ4v) is 1.37. The monoisotopic (exact) mass is 279 g/mol. The lowest BCUT2D eigenvalue weighted by Crippen LogP contribution is -2.37. The molecule has 0 atom stereocenters. The van der Waals surface area contributed by atoms with Crippen LogP contribution in [-0.2, 0) is 4.79 Å². The predicted octanol–water partition coefficient (Wildman–Crippen LogP) is 0.332. The highest BCUT2D eigenvalue weighted by Crippen LogP contribution is 2.17. The van der Waals surface area contributed by atoms with E-state index < -0.39 is 5.41 Å². The van der Waals surface area contributed by atoms with E-state index in [9.17, 15) is 9.59 Å². The van der Waals surface area contributed by atoms with Gasteiger partial charge in [0.1, 0.15) is 0 Å². The lowest BCUT2D eigenvalue weighted by Gasteiger charge is -2.21. The summed E-state index contributed by atoms with van der Waals surface area (Å²) in [5.74, 6) is -0.434. The molecule has 20 heavy (non-hydrogen) atoms. The number of amides is 2. The predicted molar refractivity (Wildman–Crippen MR) is 77.3 cm³/mol. The Hall–Kier alpha value is -1.92. The molecule has 0 bridgehead atoms. The molecule has 0 saturated carbocycles. The van der Waals surface area contributed by atoms with Gasteiger partial charge in [0, 0.05) is 24.3 Å². The summed E-state index contributed by atoms with van der Waals surface area (Å²) in [6.07, 6.45) is 0. The van der Waals surface area contributed by atoms with Crippen LogP contribution in [0.3, 0.4) is 0 Å². The zero-order valence-electron chi connectivity index (χ0n) is 11.8. The van der Waals surface area contributed by atoms with Gasteiger partial charge in [-0.15, -0.1) is 0 Å². The largest absolute Gasteiger partial charge is 0.395 e. The molecule has 110 valence electrons. The van der Waals surface area contributed by atoms with Crippen molar-refractivity contribution in [3.05, 3.63) is 29.8 Å². The molecule has 0 heterocycles. The molecule has 5 N–H and O–H groups in total. The highest BCUT2D eigenvalue weighted by molar-refractivity contribution is 5.97. The summed E-state index contributed by atoms with van der Waals surface area (Å²) in [5.41, 5.74) is 5.97. The number of aliphatic hydroxyl groups excluding tert-OH is 1. The average molecular weight is 279 g/mol. The Labute approximate surface area is 118 Å². The molecular weight excluding hydrogens is 258 g/mol. The third-order valence-electron chi connectivity index (χ3n) is 2.93. The molecule has 0 fully saturated rings. The van der Waals surface area contributed by atoms with Gasteiger partial charge in [0.25, 0.3) is 5.91 Å². The Bertz CT molecular complexity index is 469. The second-order valence-corrected chi connectivity index (χ2v) is 5.10. The average Bonchev–Trinajstić information content (AvgIpc) is 2.45. The minimum absolute atomic E-state index is 0.103. The first kappa shape index (κ1) is 16.1. The van der Waals surface area contributed by atoms with Crippen molar-refractivity contribution in [2.24, 2.45) is 11.1 Å². The van der Waals surface area contributed by atoms with E-state index in [0.29, 0.717) is 11.3 Å². The van der Waals surface area contributed by atoms with Crippen LogP contribution in [0.1, 0.15) is 24.2 Å². The van der Waals surface area contributed by atoms with Crippen molar-refractivity contribution in [3.63, 3.8) is 0 Å². The van der Waals surface area contributed by atoms with Gasteiger partial charge in [-0.1, -0.05) is 0 Å². The maximum absolute atomic E-state index is 11.9. The van der Waals surface area contributed by atoms with Crippen molar-refractivity contribution < 1.29 is 14.7 Å². The molecule has 0 aliphatic heterocycles. The third-order valence-corrected chi connectivity index (χ3v) is 2.93. The fourth-order valence-electron chi connectivity index (χ4n) is 1.37. The SMILES string of the molecule is CC(C)(CN)C(=O)Nc1ccc(C(=O)NCCO)cc1. The first-order chi connectivity index (χ1) is 9.40. The number of aliphatic hydroxyl groups is 1. The van der Waals surface area contributed by atoms with Gasteiger partial charge in [0.15, 0.2) is 0 Å². The van der Waals surface area contributed by atoms with E-state index in [-0.39, 0.29) is 31.5 Å². The van der Waals surface area contributed by atoms with Crippen molar-refractivity contribution >= 4 is 17.5 Å². The van der Waals surface area contributed by atoms with Gasteiger partial charge in [-0.2, -0.15) is 0 Å². The molecule has 1 aromatic carbocycles. The molecule has 1 rings (SSSR count). The topological polar surface area (TPSA) is 104 Å². The van der Waals surface area contributed by atoms with Crippen LogP contribution in [0.5, 0.6) is 0 Å². The maximum Gasteiger partial charge on any atom is 0.251 e. The minimum Gasteiger partial charge on any atom is -0.395 e. The Balaban J connectivity index is 2.68. The van der Waals surface area contributed by atoms with Crippen LogP contribution < -0.4 is 16.4 Å². The van der Waals surface area contributed by atoms with Crippen LogP contribution >= 0.6 is 0 Å². The van der Waals surface area contributed by atoms with Crippen LogP contribution in [0.15, 0.2) is 24.3 Å². The number of nitrogens with one attached hydrogen (secondary N) is 2. The Morgan fingerprint density at radius 3 is 2.35 bits per heavy atom. The highest BCUT2D eigenvalue weighted by Gasteiger charge is 2.25. The summed E-state index contributed by atoms with van der Waals surface area (Å²) in [7, 11) is 0. The highest BCUT2D eigenvalue weighted by atomic mass is 16.3. The standard InChI is InChI=1S/C14H21N3O3/c1-14(2,9-15)13(20)17-11-5-3-10(4-6-11)12(19)16-7-8-18/h3-6,18H,7-9,15H2,1-2H3,(H,16,19)(H,17,20). The van der Waals surface area contributed by atoms with Gasteiger partial charge >= 0.3 is 0 Å². The molecule has 0 aliphatic rings. The van der Waals surface area contributed by atoms with Crippen molar-refractivity contribution in [2.45, 2.75) is 13.8 Å². The molecule has 0 saturated heterocycles. The lowest BCUT2D eigenvalue weighted by atomic mass is 9.92. The van der Waals surface area contributed by atoms with Crippen LogP contribution in [0.2, 0.25) is 0 Å². The first-order valence-corrected chi connectivity index (χ1v) is 6.41. The van der Waals surface area contributed by atoms with E-state index in [4.69, 9.17) is 10.8 Å². The number of rotatable bonds is 6. The van der Waals surface area contributed by atoms with E-state index in [1.165, 1.54) is 0 Å². The second-order valence-electron chi connectivity index (χ2n) is 5.10. The smallest absolute Gasteiger partial charge is 0.251 e. The number of hydrogen-bond donors (Lipinski definition) is 4. The summed E-state index contributed by atoms with van der Waals surface area (Å²) in [4.78, 5) is 23.5. The van der Waals surface area contributed by atoms with Gasteiger partial charge < -0.3 is 21.5 Å². The number of anilines is 1. The van der Waals surface area contributed by atoms with Crippen molar-refractivity contribution in [3.8, 4) is 0 Å². The van der Waals surface area contributed by atoms with E-state index in [0.717, 1.165) is 0 Å². The van der Waals surface area contributed by atoms with E-state index in [1.54, 1.807) is 38.1 Å². The molecule has 0 unspecified atom stereocenters. The molecule has 1 aromatic rings. The van der Waals surface area contributed by atoms with Crippen LogP contribution in [0.4, 0.5) is 5.69 Å². The number of carbonyl (C=O) groups excluding carboxylic acids is 2. The van der Waals surface area contributed by atoms with Crippen LogP contribution in [-0.4, -0.2) is 36.6 Å². The zero-order valence-corrected chi connectivity index (χ0v) is 11.8. The Morgan fingerprint density at radius 1 is 1.25 bits per heavy atom. The number of carbonyl (C=O) groups is 2. The lowest BCUT2D eigenvalue weighted by molar-refractivity contribution is -0.123. The Morgan fingerprint density at radius 2 is 1.85 bits per heavy atom. The van der Waals surface area contributed by atoms with Gasteiger partial charge in [0.2, 0.25) is 5.91 Å². The molecule has 0 radical (unpaired) electrons. The normalized spacial score (nSPS) is 11.0. The van der Waals surface area contributed by atoms with Gasteiger partial charge in [-0.3, -0.25) is 9.59 Å². The van der Waals surface area contributed by atoms with E-state index in [1.807, 2.05) is 0 Å². The van der Waals surface area contributed by atoms with Crippen molar-refractivity contribution in [2.75, 3.05) is 25.0 Å². The zero-order chi connectivity index (χ0) is 15.2. The summed E-state index contributed by atoms with van der Waals surface area (Å²) in [6, 6.07) is 6.52. The number of benzene rings is 1. The fraction of sp³-hybridized carbons (Fsp3) is 0.429. The van der Waals surface area contributed by atoms with Crippen molar-refractivity contribution in [1.82, 2.24) is 5.32 Å². The Kier molecular flexibility index (Phi) is 5.66.